The predicted octanol–water partition coefficient (Wildman–Crippen LogP) is 3.07. The van der Waals surface area contributed by atoms with E-state index in [0.29, 0.717) is 5.69 Å². The van der Waals surface area contributed by atoms with E-state index in [0.717, 1.165) is 16.6 Å². The first-order chi connectivity index (χ1) is 9.74. The maximum atomic E-state index is 11.0. The van der Waals surface area contributed by atoms with Crippen molar-refractivity contribution in [1.29, 1.82) is 0 Å². The number of carboxylic acid groups (broad SMARTS) is 1. The van der Waals surface area contributed by atoms with Crippen LogP contribution >= 0.6 is 0 Å². The highest BCUT2D eigenvalue weighted by Crippen LogP contribution is 2.24. The van der Waals surface area contributed by atoms with Gasteiger partial charge in [0.05, 0.1) is 23.0 Å². The summed E-state index contributed by atoms with van der Waals surface area (Å²) in [5.41, 5.74) is 2.51. The van der Waals surface area contributed by atoms with Crippen molar-refractivity contribution in [2.75, 3.05) is 5.32 Å². The number of carboxylic acids is 1. The number of aromatic carboxylic acids is 1. The SMILES string of the molecule is O=C(O)c1cccc(Nc2cnnc3ccccc23)c1. The van der Waals surface area contributed by atoms with Crippen LogP contribution in [0, 0.1) is 0 Å². The lowest BCUT2D eigenvalue weighted by Crippen LogP contribution is -1.99. The van der Waals surface area contributed by atoms with Gasteiger partial charge < -0.3 is 10.4 Å². The molecule has 0 aliphatic rings. The molecular weight excluding hydrogens is 254 g/mol. The molecule has 1 aromatic heterocycles. The molecule has 0 saturated carbocycles. The smallest absolute Gasteiger partial charge is 0.335 e. The molecule has 3 rings (SSSR count). The van der Waals surface area contributed by atoms with Crippen LogP contribution in [0.3, 0.4) is 0 Å². The number of carbonyl (C=O) groups is 1. The van der Waals surface area contributed by atoms with E-state index in [9.17, 15) is 4.79 Å². The van der Waals surface area contributed by atoms with Crippen molar-refractivity contribution in [3.63, 3.8) is 0 Å². The van der Waals surface area contributed by atoms with E-state index >= 15 is 0 Å². The molecule has 0 radical (unpaired) electrons. The summed E-state index contributed by atoms with van der Waals surface area (Å²) in [7, 11) is 0. The molecule has 0 aliphatic heterocycles. The molecule has 5 heteroatoms. The second-order valence-corrected chi connectivity index (χ2v) is 4.29. The number of hydrogen-bond acceptors (Lipinski definition) is 4. The fourth-order valence-corrected chi connectivity index (χ4v) is 1.99. The number of nitrogens with zero attached hydrogens (tertiary/aromatic N) is 2. The normalized spacial score (nSPS) is 10.4. The number of aromatic nitrogens is 2. The van der Waals surface area contributed by atoms with Crippen molar-refractivity contribution < 1.29 is 9.90 Å². The summed E-state index contributed by atoms with van der Waals surface area (Å²) in [6, 6.07) is 14.3. The van der Waals surface area contributed by atoms with Crippen LogP contribution in [0.2, 0.25) is 0 Å². The fourth-order valence-electron chi connectivity index (χ4n) is 1.99. The zero-order chi connectivity index (χ0) is 13.9. The Kier molecular flexibility index (Phi) is 3.01. The number of anilines is 2. The van der Waals surface area contributed by atoms with E-state index < -0.39 is 5.97 Å². The number of fused-ring (bicyclic) bond motifs is 1. The van der Waals surface area contributed by atoms with Crippen molar-refractivity contribution in [3.8, 4) is 0 Å². The molecule has 5 nitrogen and oxygen atoms in total. The van der Waals surface area contributed by atoms with Gasteiger partial charge in [-0.25, -0.2) is 4.79 Å². The van der Waals surface area contributed by atoms with Crippen LogP contribution in [0.4, 0.5) is 11.4 Å². The lowest BCUT2D eigenvalue weighted by molar-refractivity contribution is 0.0697. The second-order valence-electron chi connectivity index (χ2n) is 4.29. The predicted molar refractivity (Wildman–Crippen MR) is 76.2 cm³/mol. The Morgan fingerprint density at radius 1 is 1.10 bits per heavy atom. The van der Waals surface area contributed by atoms with Gasteiger partial charge >= 0.3 is 5.97 Å². The van der Waals surface area contributed by atoms with Crippen molar-refractivity contribution in [1.82, 2.24) is 10.2 Å². The molecule has 0 fully saturated rings. The van der Waals surface area contributed by atoms with E-state index in [2.05, 4.69) is 15.5 Å². The van der Waals surface area contributed by atoms with Crippen LogP contribution in [-0.2, 0) is 0 Å². The molecule has 0 bridgehead atoms. The summed E-state index contributed by atoms with van der Waals surface area (Å²) < 4.78 is 0. The van der Waals surface area contributed by atoms with E-state index in [-0.39, 0.29) is 5.56 Å². The topological polar surface area (TPSA) is 75.1 Å². The van der Waals surface area contributed by atoms with Gasteiger partial charge in [0.2, 0.25) is 0 Å². The Bertz CT molecular complexity index is 781. The summed E-state index contributed by atoms with van der Waals surface area (Å²) in [5.74, 6) is -0.952. The maximum Gasteiger partial charge on any atom is 0.335 e. The van der Waals surface area contributed by atoms with Crippen LogP contribution in [0.25, 0.3) is 10.9 Å². The minimum Gasteiger partial charge on any atom is -0.478 e. The second kappa shape index (κ2) is 4.97. The maximum absolute atomic E-state index is 11.0. The van der Waals surface area contributed by atoms with Gasteiger partial charge in [-0.05, 0) is 24.3 Å². The van der Waals surface area contributed by atoms with Crippen molar-refractivity contribution in [2.45, 2.75) is 0 Å². The lowest BCUT2D eigenvalue weighted by atomic mass is 10.1. The molecule has 3 aromatic rings. The summed E-state index contributed by atoms with van der Waals surface area (Å²) in [6.45, 7) is 0. The Balaban J connectivity index is 2.01. The summed E-state index contributed by atoms with van der Waals surface area (Å²) in [4.78, 5) is 11.0. The van der Waals surface area contributed by atoms with Gasteiger partial charge in [-0.3, -0.25) is 0 Å². The molecule has 0 saturated heterocycles. The van der Waals surface area contributed by atoms with Gasteiger partial charge in [0.25, 0.3) is 0 Å². The minimum absolute atomic E-state index is 0.237. The number of nitrogens with one attached hydrogen (secondary N) is 1. The monoisotopic (exact) mass is 265 g/mol. The van der Waals surface area contributed by atoms with Gasteiger partial charge in [-0.15, -0.1) is 0 Å². The first-order valence-corrected chi connectivity index (χ1v) is 6.05. The first kappa shape index (κ1) is 12.1. The van der Waals surface area contributed by atoms with Crippen LogP contribution in [0.1, 0.15) is 10.4 Å². The average Bonchev–Trinajstić information content (AvgIpc) is 2.48. The molecule has 0 atom stereocenters. The molecule has 2 aromatic carbocycles. The van der Waals surface area contributed by atoms with Gasteiger partial charge in [-0.1, -0.05) is 24.3 Å². The number of benzene rings is 2. The summed E-state index contributed by atoms with van der Waals surface area (Å²) in [6.07, 6.45) is 1.62. The van der Waals surface area contributed by atoms with Crippen LogP contribution in [-0.4, -0.2) is 21.3 Å². The number of rotatable bonds is 3. The van der Waals surface area contributed by atoms with E-state index in [1.54, 1.807) is 24.4 Å². The lowest BCUT2D eigenvalue weighted by Gasteiger charge is -2.09. The zero-order valence-corrected chi connectivity index (χ0v) is 10.4. The molecule has 1 heterocycles. The largest absolute Gasteiger partial charge is 0.478 e. The quantitative estimate of drug-likeness (QED) is 0.761. The molecule has 98 valence electrons. The third kappa shape index (κ3) is 2.29. The van der Waals surface area contributed by atoms with Gasteiger partial charge in [0, 0.05) is 11.1 Å². The van der Waals surface area contributed by atoms with Crippen LogP contribution in [0.5, 0.6) is 0 Å². The molecular formula is C15H11N3O2. The highest BCUT2D eigenvalue weighted by Gasteiger charge is 2.05. The molecule has 2 N–H and O–H groups in total. The van der Waals surface area contributed by atoms with Crippen molar-refractivity contribution >= 4 is 28.2 Å². The van der Waals surface area contributed by atoms with Crippen molar-refractivity contribution in [3.05, 3.63) is 60.3 Å². The van der Waals surface area contributed by atoms with E-state index in [4.69, 9.17) is 5.11 Å². The van der Waals surface area contributed by atoms with E-state index in [1.807, 2.05) is 30.3 Å². The minimum atomic E-state index is -0.952. The molecule has 0 spiro atoms. The Hall–Kier alpha value is -2.95. The van der Waals surface area contributed by atoms with Gasteiger partial charge in [-0.2, -0.15) is 10.2 Å². The molecule has 0 aliphatic carbocycles. The zero-order valence-electron chi connectivity index (χ0n) is 10.4. The molecule has 20 heavy (non-hydrogen) atoms. The van der Waals surface area contributed by atoms with Crippen molar-refractivity contribution in [2.24, 2.45) is 0 Å². The Morgan fingerprint density at radius 2 is 1.95 bits per heavy atom. The molecule has 0 unspecified atom stereocenters. The van der Waals surface area contributed by atoms with Gasteiger partial charge in [0.15, 0.2) is 0 Å². The third-order valence-electron chi connectivity index (χ3n) is 2.94. The standard InChI is InChI=1S/C15H11N3O2/c19-15(20)10-4-3-5-11(8-10)17-14-9-16-18-13-7-2-1-6-12(13)14/h1-9H,(H,17,18)(H,19,20). The van der Waals surface area contributed by atoms with Gasteiger partial charge in [0.1, 0.15) is 0 Å². The molecule has 0 amide bonds. The highest BCUT2D eigenvalue weighted by molar-refractivity contribution is 5.93. The first-order valence-electron chi connectivity index (χ1n) is 6.05. The summed E-state index contributed by atoms with van der Waals surface area (Å²) in [5, 5.41) is 21.1. The fraction of sp³-hybridized carbons (Fsp3) is 0. The average molecular weight is 265 g/mol. The third-order valence-corrected chi connectivity index (χ3v) is 2.94. The van der Waals surface area contributed by atoms with Crippen LogP contribution < -0.4 is 5.32 Å². The summed E-state index contributed by atoms with van der Waals surface area (Å²) >= 11 is 0. The van der Waals surface area contributed by atoms with Crippen LogP contribution in [0.15, 0.2) is 54.7 Å². The number of hydrogen-bond donors (Lipinski definition) is 2. The van der Waals surface area contributed by atoms with E-state index in [1.165, 1.54) is 0 Å². The highest BCUT2D eigenvalue weighted by atomic mass is 16.4. The Labute approximate surface area is 114 Å². The Morgan fingerprint density at radius 3 is 2.80 bits per heavy atom.